The molecule has 0 bridgehead atoms. The Labute approximate surface area is 104 Å². The zero-order valence-electron chi connectivity index (χ0n) is 9.80. The number of amides is 1. The van der Waals surface area contributed by atoms with Crippen molar-refractivity contribution in [3.8, 4) is 5.75 Å². The highest BCUT2D eigenvalue weighted by atomic mass is 32.2. The normalized spacial score (nSPS) is 10.8. The number of anilines is 1. The highest BCUT2D eigenvalue weighted by molar-refractivity contribution is 7.91. The van der Waals surface area contributed by atoms with E-state index in [1.807, 2.05) is 4.72 Å². The van der Waals surface area contributed by atoms with Crippen LogP contribution in [0.1, 0.15) is 12.6 Å². The molecule has 1 amide bonds. The Hall–Kier alpha value is -2.03. The van der Waals surface area contributed by atoms with Crippen LogP contribution in [0.5, 0.6) is 5.75 Å². The summed E-state index contributed by atoms with van der Waals surface area (Å²) < 4.78 is 30.9. The average Bonchev–Trinajstić information content (AvgIpc) is 2.22. The van der Waals surface area contributed by atoms with Crippen LogP contribution in [0.2, 0.25) is 0 Å². The van der Waals surface area contributed by atoms with Crippen LogP contribution in [-0.2, 0) is 14.9 Å². The maximum absolute atomic E-state index is 11.5. The predicted molar refractivity (Wildman–Crippen MR) is 63.3 cm³/mol. The molecule has 100 valence electrons. The number of aromatic nitrogens is 1. The molecular formula is C9H13N3O5S. The van der Waals surface area contributed by atoms with E-state index in [2.05, 4.69) is 9.72 Å². The summed E-state index contributed by atoms with van der Waals surface area (Å²) in [5, 5.41) is 9.40. The van der Waals surface area contributed by atoms with Gasteiger partial charge in [-0.25, -0.2) is 19.2 Å². The largest absolute Gasteiger partial charge is 0.504 e. The molecule has 0 aliphatic rings. The number of hydrogen-bond donors (Lipinski definition) is 3. The molecule has 0 saturated heterocycles. The number of aryl methyl sites for hydroxylation is 1. The Morgan fingerprint density at radius 2 is 2.17 bits per heavy atom. The third-order valence-corrected chi connectivity index (χ3v) is 2.63. The summed E-state index contributed by atoms with van der Waals surface area (Å²) in [4.78, 5) is 14.7. The van der Waals surface area contributed by atoms with Gasteiger partial charge in [-0.05, 0) is 26.0 Å². The van der Waals surface area contributed by atoms with Gasteiger partial charge >= 0.3 is 16.3 Å². The summed E-state index contributed by atoms with van der Waals surface area (Å²) in [5.41, 5.74) is 0.502. The Kier molecular flexibility index (Phi) is 4.32. The third-order valence-electron chi connectivity index (χ3n) is 1.74. The van der Waals surface area contributed by atoms with Gasteiger partial charge in [0.15, 0.2) is 11.6 Å². The predicted octanol–water partition coefficient (Wildman–Crippen LogP) is 0.498. The third kappa shape index (κ3) is 4.09. The summed E-state index contributed by atoms with van der Waals surface area (Å²) in [6, 6.07) is 2.79. The van der Waals surface area contributed by atoms with E-state index in [4.69, 9.17) is 0 Å². The van der Waals surface area contributed by atoms with Crippen LogP contribution >= 0.6 is 0 Å². The first-order valence-corrected chi connectivity index (χ1v) is 6.46. The lowest BCUT2D eigenvalue weighted by atomic mass is 10.3. The van der Waals surface area contributed by atoms with Crippen LogP contribution < -0.4 is 9.44 Å². The van der Waals surface area contributed by atoms with Gasteiger partial charge in [-0.1, -0.05) is 0 Å². The molecule has 0 aliphatic carbocycles. The zero-order valence-corrected chi connectivity index (χ0v) is 10.6. The maximum Gasteiger partial charge on any atom is 0.422 e. The lowest BCUT2D eigenvalue weighted by molar-refractivity contribution is 0.159. The van der Waals surface area contributed by atoms with Crippen molar-refractivity contribution in [3.05, 3.63) is 17.8 Å². The smallest absolute Gasteiger partial charge is 0.422 e. The summed E-state index contributed by atoms with van der Waals surface area (Å²) in [6.45, 7) is 3.19. The van der Waals surface area contributed by atoms with Gasteiger partial charge in [-0.2, -0.15) is 8.42 Å². The van der Waals surface area contributed by atoms with E-state index >= 15 is 0 Å². The fraction of sp³-hybridized carbons (Fsp3) is 0.333. The molecule has 0 fully saturated rings. The number of aromatic hydroxyl groups is 1. The lowest BCUT2D eigenvalue weighted by Gasteiger charge is -2.09. The monoisotopic (exact) mass is 275 g/mol. The molecular weight excluding hydrogens is 262 g/mol. The quantitative estimate of drug-likeness (QED) is 0.736. The van der Waals surface area contributed by atoms with Crippen LogP contribution in [0.15, 0.2) is 12.1 Å². The van der Waals surface area contributed by atoms with Crippen molar-refractivity contribution in [2.24, 2.45) is 0 Å². The molecule has 8 nitrogen and oxygen atoms in total. The highest BCUT2D eigenvalue weighted by Gasteiger charge is 2.17. The van der Waals surface area contributed by atoms with Crippen LogP contribution in [0, 0.1) is 6.92 Å². The van der Waals surface area contributed by atoms with E-state index in [1.54, 1.807) is 11.6 Å². The number of ether oxygens (including phenoxy) is 1. The van der Waals surface area contributed by atoms with Crippen molar-refractivity contribution in [1.29, 1.82) is 0 Å². The summed E-state index contributed by atoms with van der Waals surface area (Å²) in [7, 11) is -4.19. The van der Waals surface area contributed by atoms with Crippen LogP contribution in [0.4, 0.5) is 10.6 Å². The second-order valence-corrected chi connectivity index (χ2v) is 4.66. The molecule has 0 unspecified atom stereocenters. The van der Waals surface area contributed by atoms with Crippen LogP contribution in [-0.4, -0.2) is 31.2 Å². The first-order valence-electron chi connectivity index (χ1n) is 4.98. The maximum atomic E-state index is 11.5. The summed E-state index contributed by atoms with van der Waals surface area (Å²) >= 11 is 0. The molecule has 0 aliphatic heterocycles. The second-order valence-electron chi connectivity index (χ2n) is 3.25. The minimum absolute atomic E-state index is 0.0370. The molecule has 0 aromatic carbocycles. The van der Waals surface area contributed by atoms with Crippen LogP contribution in [0.25, 0.3) is 0 Å². The van der Waals surface area contributed by atoms with Gasteiger partial charge in [0, 0.05) is 5.69 Å². The topological polar surface area (TPSA) is 118 Å². The number of pyridine rings is 1. The molecule has 0 spiro atoms. The second kappa shape index (κ2) is 5.54. The van der Waals surface area contributed by atoms with Gasteiger partial charge < -0.3 is 9.84 Å². The fourth-order valence-electron chi connectivity index (χ4n) is 1.05. The average molecular weight is 275 g/mol. The Morgan fingerprint density at radius 3 is 2.78 bits per heavy atom. The van der Waals surface area contributed by atoms with Crippen molar-refractivity contribution >= 4 is 22.1 Å². The highest BCUT2D eigenvalue weighted by Crippen LogP contribution is 2.20. The van der Waals surface area contributed by atoms with Gasteiger partial charge in [0.1, 0.15) is 0 Å². The van der Waals surface area contributed by atoms with E-state index in [1.165, 1.54) is 19.1 Å². The number of nitrogens with zero attached hydrogens (tertiary/aromatic N) is 1. The molecule has 3 N–H and O–H groups in total. The van der Waals surface area contributed by atoms with E-state index in [9.17, 15) is 18.3 Å². The molecule has 0 atom stereocenters. The summed E-state index contributed by atoms with van der Waals surface area (Å²) in [6.07, 6.45) is -1.11. The molecule has 18 heavy (non-hydrogen) atoms. The van der Waals surface area contributed by atoms with Crippen molar-refractivity contribution < 1.29 is 23.1 Å². The molecule has 0 saturated carbocycles. The van der Waals surface area contributed by atoms with Gasteiger partial charge in [-0.3, -0.25) is 0 Å². The molecule has 9 heteroatoms. The molecule has 1 rings (SSSR count). The van der Waals surface area contributed by atoms with Gasteiger partial charge in [0.25, 0.3) is 0 Å². The number of nitrogens with one attached hydrogen (secondary N) is 2. The van der Waals surface area contributed by atoms with E-state index in [0.29, 0.717) is 5.69 Å². The minimum Gasteiger partial charge on any atom is -0.504 e. The standard InChI is InChI=1S/C9H13N3O5S/c1-3-17-9(14)12-18(15,16)11-8-7(13)5-4-6(2)10-8/h4-5,13H,3H2,1-2H3,(H,10,11)(H,12,14). The Bertz CT molecular complexity index is 543. The number of rotatable bonds is 4. The van der Waals surface area contributed by atoms with Crippen molar-refractivity contribution in [2.75, 3.05) is 11.3 Å². The molecule has 1 aromatic rings. The molecule has 1 heterocycles. The van der Waals surface area contributed by atoms with E-state index in [0.717, 1.165) is 0 Å². The minimum atomic E-state index is -4.19. The van der Waals surface area contributed by atoms with Crippen molar-refractivity contribution in [1.82, 2.24) is 9.71 Å². The lowest BCUT2D eigenvalue weighted by Crippen LogP contribution is -2.36. The number of carbonyl (C=O) groups excluding carboxylic acids is 1. The number of carbonyl (C=O) groups is 1. The first-order chi connectivity index (χ1) is 8.34. The van der Waals surface area contributed by atoms with Gasteiger partial charge in [-0.15, -0.1) is 0 Å². The van der Waals surface area contributed by atoms with Crippen LogP contribution in [0.3, 0.4) is 0 Å². The van der Waals surface area contributed by atoms with Crippen molar-refractivity contribution in [2.45, 2.75) is 13.8 Å². The fourth-order valence-corrected chi connectivity index (χ4v) is 1.78. The van der Waals surface area contributed by atoms with Crippen molar-refractivity contribution in [3.63, 3.8) is 0 Å². The Morgan fingerprint density at radius 1 is 1.50 bits per heavy atom. The number of hydrogen-bond acceptors (Lipinski definition) is 6. The Balaban J connectivity index is 2.82. The molecule has 1 aromatic heterocycles. The van der Waals surface area contributed by atoms with Gasteiger partial charge in [0.2, 0.25) is 0 Å². The molecule has 0 radical (unpaired) electrons. The zero-order chi connectivity index (χ0) is 13.8. The SMILES string of the molecule is CCOC(=O)NS(=O)(=O)Nc1nc(C)ccc1O. The van der Waals surface area contributed by atoms with E-state index in [-0.39, 0.29) is 18.2 Å². The van der Waals surface area contributed by atoms with Gasteiger partial charge in [0.05, 0.1) is 6.61 Å². The van der Waals surface area contributed by atoms with E-state index < -0.39 is 16.3 Å². The first kappa shape index (κ1) is 14.0. The summed E-state index contributed by atoms with van der Waals surface area (Å²) in [5.74, 6) is -0.623.